The Morgan fingerprint density at radius 1 is 1.12 bits per heavy atom. The summed E-state index contributed by atoms with van der Waals surface area (Å²) in [5.41, 5.74) is 1.28. The quantitative estimate of drug-likeness (QED) is 0.404. The Hall–Kier alpha value is -3.32. The lowest BCUT2D eigenvalue weighted by Gasteiger charge is -2.46. The van der Waals surface area contributed by atoms with Crippen molar-refractivity contribution in [2.45, 2.75) is 86.9 Å². The molecule has 282 valence electrons. The first-order chi connectivity index (χ1) is 24.7. The van der Waals surface area contributed by atoms with Crippen LogP contribution in [0.4, 0.5) is 10.5 Å². The monoisotopic (exact) mass is 754 g/mol. The van der Waals surface area contributed by atoms with Crippen LogP contribution in [0.25, 0.3) is 0 Å². The lowest BCUT2D eigenvalue weighted by atomic mass is 9.68. The Kier molecular flexibility index (Phi) is 10.3. The minimum Gasteiger partial charge on any atom is -0.490 e. The first-order valence-electron chi connectivity index (χ1n) is 18.6. The highest BCUT2D eigenvalue weighted by Gasteiger charge is 2.46. The number of likely N-dealkylation sites (tertiary alicyclic amines) is 1. The number of nitrogens with zero attached hydrogens (tertiary/aromatic N) is 3. The average Bonchev–Trinajstić information content (AvgIpc) is 3.47. The van der Waals surface area contributed by atoms with E-state index in [1.807, 2.05) is 31.1 Å². The third kappa shape index (κ3) is 7.41. The summed E-state index contributed by atoms with van der Waals surface area (Å²) in [5.74, 6) is -0.00411. The number of likely N-dealkylation sites (N-methyl/N-ethyl adjacent to an activating group) is 1. The molecule has 5 atom stereocenters. The van der Waals surface area contributed by atoms with E-state index in [2.05, 4.69) is 26.7 Å². The van der Waals surface area contributed by atoms with E-state index < -0.39 is 27.6 Å². The van der Waals surface area contributed by atoms with Crippen molar-refractivity contribution in [3.63, 3.8) is 0 Å². The molecular weight excluding hydrogens is 704 g/mol. The minimum atomic E-state index is -4.24. The summed E-state index contributed by atoms with van der Waals surface area (Å²) in [6, 6.07) is 11.0. The Bertz CT molecular complexity index is 1830. The number of anilines is 1. The van der Waals surface area contributed by atoms with E-state index in [1.165, 1.54) is 31.0 Å². The molecule has 0 aromatic heterocycles. The highest BCUT2D eigenvalue weighted by atomic mass is 35.5. The van der Waals surface area contributed by atoms with Crippen LogP contribution in [0.1, 0.15) is 63.5 Å². The van der Waals surface area contributed by atoms with E-state index >= 15 is 0 Å². The van der Waals surface area contributed by atoms with Gasteiger partial charge in [-0.1, -0.05) is 23.7 Å². The number of ether oxygens (including phenoxy) is 3. The molecule has 2 aliphatic carbocycles. The van der Waals surface area contributed by atoms with Crippen molar-refractivity contribution >= 4 is 39.3 Å². The first-order valence-corrected chi connectivity index (χ1v) is 20.4. The minimum absolute atomic E-state index is 0.0300. The van der Waals surface area contributed by atoms with E-state index in [1.54, 1.807) is 18.2 Å². The maximum absolute atomic E-state index is 13.8. The molecule has 1 saturated heterocycles. The van der Waals surface area contributed by atoms with Gasteiger partial charge in [0.15, 0.2) is 0 Å². The van der Waals surface area contributed by atoms with E-state index in [0.717, 1.165) is 51.5 Å². The molecule has 1 spiro atoms. The van der Waals surface area contributed by atoms with E-state index in [0.29, 0.717) is 42.7 Å². The summed E-state index contributed by atoms with van der Waals surface area (Å²) < 4.78 is 48.5. The molecule has 2 aromatic carbocycles. The van der Waals surface area contributed by atoms with Gasteiger partial charge in [-0.3, -0.25) is 4.79 Å². The van der Waals surface area contributed by atoms with E-state index in [9.17, 15) is 18.0 Å². The van der Waals surface area contributed by atoms with E-state index in [4.69, 9.17) is 25.8 Å². The number of nitrogens with one attached hydrogen (secondary N) is 1. The molecule has 2 fully saturated rings. The molecule has 2 bridgehead atoms. The van der Waals surface area contributed by atoms with E-state index in [-0.39, 0.29) is 40.9 Å². The van der Waals surface area contributed by atoms with Crippen LogP contribution in [0.15, 0.2) is 53.4 Å². The van der Waals surface area contributed by atoms with Gasteiger partial charge < -0.3 is 28.9 Å². The second kappa shape index (κ2) is 14.5. The Labute approximate surface area is 312 Å². The Morgan fingerprint density at radius 2 is 1.94 bits per heavy atom. The molecule has 13 heteroatoms. The van der Waals surface area contributed by atoms with Gasteiger partial charge in [-0.25, -0.2) is 17.9 Å². The normalized spacial score (nSPS) is 30.3. The van der Waals surface area contributed by atoms with Gasteiger partial charge in [0.1, 0.15) is 17.5 Å². The third-order valence-corrected chi connectivity index (χ3v) is 13.3. The van der Waals surface area contributed by atoms with Crippen molar-refractivity contribution < 1.29 is 32.2 Å². The SMILES string of the molecule is CN(C)C[C@H]1CCCN1C(=O)O[C@H]1/C=C\COC(C)(C)C(=O)NS(=O)(=O)c2ccc3c(c2)N(C[C@@H]2CC[C@H]21)C[C@@]1(CCCc2cc(Cl)ccc21)CO3. The van der Waals surface area contributed by atoms with Gasteiger partial charge in [0.05, 0.1) is 23.8 Å². The number of aryl methyl sites for hydroxylation is 1. The van der Waals surface area contributed by atoms with Crippen molar-refractivity contribution in [2.24, 2.45) is 11.8 Å². The fourth-order valence-electron chi connectivity index (χ4n) is 8.75. The van der Waals surface area contributed by atoms with Crippen molar-refractivity contribution in [1.29, 1.82) is 0 Å². The summed E-state index contributed by atoms with van der Waals surface area (Å²) in [4.78, 5) is 33.4. The topological polar surface area (TPSA) is 118 Å². The number of carbonyl (C=O) groups is 2. The summed E-state index contributed by atoms with van der Waals surface area (Å²) in [6.07, 6.45) is 9.38. The lowest BCUT2D eigenvalue weighted by molar-refractivity contribution is -0.139. The molecule has 0 unspecified atom stereocenters. The average molecular weight is 755 g/mol. The smallest absolute Gasteiger partial charge is 0.410 e. The predicted molar refractivity (Wildman–Crippen MR) is 199 cm³/mol. The molecule has 3 aliphatic heterocycles. The van der Waals surface area contributed by atoms with Crippen molar-refractivity contribution in [3.05, 3.63) is 64.7 Å². The molecule has 1 saturated carbocycles. The summed E-state index contributed by atoms with van der Waals surface area (Å²) in [5, 5.41) is 0.706. The predicted octanol–water partition coefficient (Wildman–Crippen LogP) is 5.54. The van der Waals surface area contributed by atoms with Crippen LogP contribution in [0, 0.1) is 11.8 Å². The van der Waals surface area contributed by atoms with Gasteiger partial charge >= 0.3 is 6.09 Å². The van der Waals surface area contributed by atoms with Gasteiger partial charge in [-0.2, -0.15) is 0 Å². The third-order valence-electron chi connectivity index (χ3n) is 11.7. The van der Waals surface area contributed by atoms with Crippen LogP contribution in [-0.2, 0) is 36.1 Å². The van der Waals surface area contributed by atoms with Crippen molar-refractivity contribution in [2.75, 3.05) is 58.4 Å². The number of hydrogen-bond acceptors (Lipinski definition) is 9. The van der Waals surface area contributed by atoms with Gasteiger partial charge in [-0.05, 0) is 126 Å². The van der Waals surface area contributed by atoms with Gasteiger partial charge in [0.25, 0.3) is 15.9 Å². The number of benzene rings is 2. The highest BCUT2D eigenvalue weighted by molar-refractivity contribution is 7.90. The Balaban J connectivity index is 1.26. The maximum atomic E-state index is 13.8. The van der Waals surface area contributed by atoms with Crippen LogP contribution >= 0.6 is 11.6 Å². The molecule has 7 rings (SSSR count). The largest absolute Gasteiger partial charge is 0.490 e. The summed E-state index contributed by atoms with van der Waals surface area (Å²) in [7, 11) is -0.209. The second-order valence-corrected chi connectivity index (χ2v) is 18.1. The molecule has 3 heterocycles. The number of carbonyl (C=O) groups excluding carboxylic acids is 2. The molecular formula is C39H51ClN4O7S. The number of hydrogen-bond donors (Lipinski definition) is 1. The van der Waals surface area contributed by atoms with Gasteiger partial charge in [0, 0.05) is 48.6 Å². The molecule has 52 heavy (non-hydrogen) atoms. The van der Waals surface area contributed by atoms with Crippen LogP contribution in [0.2, 0.25) is 5.02 Å². The number of sulfonamides is 1. The van der Waals surface area contributed by atoms with Crippen LogP contribution in [0.5, 0.6) is 5.75 Å². The summed E-state index contributed by atoms with van der Waals surface area (Å²) >= 11 is 6.46. The van der Waals surface area contributed by atoms with Crippen molar-refractivity contribution in [1.82, 2.24) is 14.5 Å². The van der Waals surface area contributed by atoms with Crippen LogP contribution < -0.4 is 14.4 Å². The highest BCUT2D eigenvalue weighted by Crippen LogP contribution is 2.47. The number of amides is 2. The number of halogens is 1. The number of rotatable bonds is 3. The molecule has 2 amide bonds. The zero-order chi connectivity index (χ0) is 36.8. The Morgan fingerprint density at radius 3 is 2.71 bits per heavy atom. The zero-order valence-corrected chi connectivity index (χ0v) is 32.2. The van der Waals surface area contributed by atoms with Gasteiger partial charge in [-0.15, -0.1) is 0 Å². The summed E-state index contributed by atoms with van der Waals surface area (Å²) in [6.45, 7) is 6.20. The molecule has 0 radical (unpaired) electrons. The first kappa shape index (κ1) is 37.0. The van der Waals surface area contributed by atoms with Gasteiger partial charge in [0.2, 0.25) is 0 Å². The second-order valence-electron chi connectivity index (χ2n) is 16.0. The van der Waals surface area contributed by atoms with Crippen LogP contribution in [0.3, 0.4) is 0 Å². The lowest BCUT2D eigenvalue weighted by Crippen LogP contribution is -2.50. The van der Waals surface area contributed by atoms with Crippen LogP contribution in [-0.4, -0.2) is 101 Å². The molecule has 2 aromatic rings. The zero-order valence-electron chi connectivity index (χ0n) is 30.6. The fourth-order valence-corrected chi connectivity index (χ4v) is 10.1. The maximum Gasteiger partial charge on any atom is 0.410 e. The standard InChI is InChI=1S/C39H51ClN4O7S/c1-38(2)36(45)41-52(47,48)30-13-16-35-33(21-30)43(24-39(25-49-35)17-5-8-26-20-28(40)12-15-32(26)39)22-27-11-14-31(27)34(10-7-19-50-38)51-37(46)44-18-6-9-29(44)23-42(3)4/h7,10,12-13,15-16,20-21,27,29,31,34H,5-6,8-9,11,14,17-19,22-25H2,1-4H3,(H,41,45)/b10-7-/t27-,29+,31+,34-,39-/m0/s1. The van der Waals surface area contributed by atoms with Crippen molar-refractivity contribution in [3.8, 4) is 5.75 Å². The number of fused-ring (bicyclic) bond motifs is 4. The fraction of sp³-hybridized carbons (Fsp3) is 0.590. The molecule has 5 aliphatic rings. The molecule has 1 N–H and O–H groups in total. The molecule has 11 nitrogen and oxygen atoms in total.